The summed E-state index contributed by atoms with van der Waals surface area (Å²) >= 11 is 0. The van der Waals surface area contributed by atoms with E-state index in [-0.39, 0.29) is 73.8 Å². The molecular formula is C41H22O12. The molecule has 0 bridgehead atoms. The summed E-state index contributed by atoms with van der Waals surface area (Å²) in [5, 5.41) is 51.5. The number of phenols is 4. The molecule has 10 rings (SSSR count). The van der Waals surface area contributed by atoms with Gasteiger partial charge >= 0.3 is 17.9 Å². The van der Waals surface area contributed by atoms with E-state index >= 15 is 0 Å². The molecule has 0 saturated heterocycles. The molecule has 4 aliphatic rings. The second-order valence-corrected chi connectivity index (χ2v) is 13.1. The maximum atomic E-state index is 14.2. The maximum Gasteiger partial charge on any atom is 0.340 e. The van der Waals surface area contributed by atoms with Crippen molar-refractivity contribution in [2.45, 2.75) is 11.2 Å². The van der Waals surface area contributed by atoms with E-state index in [1.54, 1.807) is 24.3 Å². The molecule has 0 saturated carbocycles. The molecule has 0 radical (unpaired) electrons. The molecule has 258 valence electrons. The number of carboxylic acids is 1. The van der Waals surface area contributed by atoms with E-state index in [9.17, 15) is 39.9 Å². The Morgan fingerprint density at radius 1 is 0.472 bits per heavy atom. The Labute approximate surface area is 297 Å². The molecule has 12 nitrogen and oxygen atoms in total. The van der Waals surface area contributed by atoms with Gasteiger partial charge in [0.2, 0.25) is 0 Å². The fraction of sp³-hybridized carbons (Fsp3) is 0.0488. The summed E-state index contributed by atoms with van der Waals surface area (Å²) in [6.45, 7) is 0. The monoisotopic (exact) mass is 706 g/mol. The van der Waals surface area contributed by atoms with Gasteiger partial charge in [0, 0.05) is 57.6 Å². The first-order valence-corrected chi connectivity index (χ1v) is 16.2. The van der Waals surface area contributed by atoms with Crippen LogP contribution < -0.4 is 9.47 Å². The highest BCUT2D eigenvalue weighted by molar-refractivity contribution is 6.07. The predicted octanol–water partition coefficient (Wildman–Crippen LogP) is 7.01. The lowest BCUT2D eigenvalue weighted by Gasteiger charge is -2.36. The van der Waals surface area contributed by atoms with Crippen molar-refractivity contribution in [1.82, 2.24) is 0 Å². The lowest BCUT2D eigenvalue weighted by molar-refractivity contribution is 0.0214. The van der Waals surface area contributed by atoms with Gasteiger partial charge in [0.1, 0.15) is 46.0 Å². The number of esters is 2. The number of carbonyl (C=O) groups excluding carboxylic acids is 2. The van der Waals surface area contributed by atoms with Crippen molar-refractivity contribution in [3.05, 3.63) is 153 Å². The zero-order valence-electron chi connectivity index (χ0n) is 26.9. The highest BCUT2D eigenvalue weighted by Gasteiger charge is 2.56. The molecule has 53 heavy (non-hydrogen) atoms. The van der Waals surface area contributed by atoms with Crippen LogP contribution in [-0.2, 0) is 20.7 Å². The number of carbonyl (C=O) groups is 3. The molecule has 0 amide bonds. The summed E-state index contributed by atoms with van der Waals surface area (Å²) in [5.74, 6) is -2.64. The highest BCUT2D eigenvalue weighted by atomic mass is 16.6. The summed E-state index contributed by atoms with van der Waals surface area (Å²) < 4.78 is 24.6. The lowest BCUT2D eigenvalue weighted by atomic mass is 9.75. The highest BCUT2D eigenvalue weighted by Crippen LogP contribution is 2.60. The summed E-state index contributed by atoms with van der Waals surface area (Å²) in [4.78, 5) is 40.8. The first kappa shape index (κ1) is 30.4. The number of benzene rings is 6. The first-order chi connectivity index (χ1) is 25.5. The van der Waals surface area contributed by atoms with Crippen molar-refractivity contribution in [3.8, 4) is 57.1 Å². The van der Waals surface area contributed by atoms with E-state index in [0.29, 0.717) is 33.4 Å². The third-order valence-corrected chi connectivity index (χ3v) is 10.2. The molecule has 0 aliphatic carbocycles. The van der Waals surface area contributed by atoms with Crippen LogP contribution in [0.3, 0.4) is 0 Å². The Bertz CT molecular complexity index is 2610. The summed E-state index contributed by atoms with van der Waals surface area (Å²) in [7, 11) is 0. The Morgan fingerprint density at radius 3 is 1.38 bits per heavy atom. The van der Waals surface area contributed by atoms with Gasteiger partial charge in [0.05, 0.1) is 16.7 Å². The summed E-state index contributed by atoms with van der Waals surface area (Å²) in [6.07, 6.45) is 0. The van der Waals surface area contributed by atoms with E-state index in [1.807, 2.05) is 0 Å². The van der Waals surface area contributed by atoms with Gasteiger partial charge in [-0.2, -0.15) is 0 Å². The number of hydrogen-bond donors (Lipinski definition) is 5. The van der Waals surface area contributed by atoms with Crippen LogP contribution in [0.5, 0.6) is 46.0 Å². The molecule has 6 aromatic carbocycles. The molecule has 4 aliphatic heterocycles. The molecule has 0 fully saturated rings. The lowest BCUT2D eigenvalue weighted by Crippen LogP contribution is -2.33. The average Bonchev–Trinajstić information content (AvgIpc) is 3.58. The van der Waals surface area contributed by atoms with E-state index in [4.69, 9.17) is 18.9 Å². The minimum atomic E-state index is -1.75. The van der Waals surface area contributed by atoms with E-state index in [2.05, 4.69) is 0 Å². The molecule has 6 aromatic rings. The van der Waals surface area contributed by atoms with Gasteiger partial charge in [-0.3, -0.25) is 0 Å². The second-order valence-electron chi connectivity index (χ2n) is 13.1. The SMILES string of the molecule is O=C(O)c1cc(-c2ccc3c(c2)C(=O)OC32c3ccc(O)cc3Oc3cc(O)ccc32)c2c(c1)C1(OC2=O)c2ccc(O)cc2Oc2cc(O)ccc21. The fourth-order valence-electron chi connectivity index (χ4n) is 8.05. The normalized spacial score (nSPS) is 15.8. The quantitative estimate of drug-likeness (QED) is 0.116. The molecule has 4 heterocycles. The second kappa shape index (κ2) is 10.1. The number of fused-ring (bicyclic) bond motifs is 12. The summed E-state index contributed by atoms with van der Waals surface area (Å²) in [5.41, 5.74) is -0.833. The van der Waals surface area contributed by atoms with Crippen LogP contribution in [0.15, 0.2) is 103 Å². The summed E-state index contributed by atoms with van der Waals surface area (Å²) in [6, 6.07) is 24.7. The minimum Gasteiger partial charge on any atom is -0.508 e. The van der Waals surface area contributed by atoms with Gasteiger partial charge < -0.3 is 44.5 Å². The van der Waals surface area contributed by atoms with Crippen LogP contribution in [0.25, 0.3) is 11.1 Å². The van der Waals surface area contributed by atoms with Crippen molar-refractivity contribution in [2.75, 3.05) is 0 Å². The van der Waals surface area contributed by atoms with Crippen LogP contribution in [0.1, 0.15) is 64.5 Å². The van der Waals surface area contributed by atoms with Crippen LogP contribution in [0.4, 0.5) is 0 Å². The molecule has 5 N–H and O–H groups in total. The topological polar surface area (TPSA) is 189 Å². The number of phenolic OH excluding ortho intramolecular Hbond substituents is 4. The van der Waals surface area contributed by atoms with E-state index in [1.165, 1.54) is 78.9 Å². The van der Waals surface area contributed by atoms with E-state index in [0.717, 1.165) is 0 Å². The molecular weight excluding hydrogens is 684 g/mol. The van der Waals surface area contributed by atoms with Gasteiger partial charge in [-0.15, -0.1) is 0 Å². The van der Waals surface area contributed by atoms with Crippen molar-refractivity contribution in [3.63, 3.8) is 0 Å². The first-order valence-electron chi connectivity index (χ1n) is 16.2. The van der Waals surface area contributed by atoms with Crippen LogP contribution in [0, 0.1) is 0 Å². The van der Waals surface area contributed by atoms with Crippen LogP contribution in [-0.4, -0.2) is 43.4 Å². The van der Waals surface area contributed by atoms with Gasteiger partial charge in [0.15, 0.2) is 11.2 Å². The number of carboxylic acid groups (broad SMARTS) is 1. The fourth-order valence-corrected chi connectivity index (χ4v) is 8.05. The zero-order valence-corrected chi connectivity index (χ0v) is 26.9. The van der Waals surface area contributed by atoms with Crippen molar-refractivity contribution < 1.29 is 58.9 Å². The third-order valence-electron chi connectivity index (χ3n) is 10.2. The van der Waals surface area contributed by atoms with Crippen LogP contribution >= 0.6 is 0 Å². The largest absolute Gasteiger partial charge is 0.508 e. The number of ether oxygens (including phenoxy) is 4. The minimum absolute atomic E-state index is 0.0312. The Kier molecular flexibility index (Phi) is 5.77. The number of hydrogen-bond acceptors (Lipinski definition) is 11. The zero-order chi connectivity index (χ0) is 36.6. The van der Waals surface area contributed by atoms with Crippen molar-refractivity contribution in [2.24, 2.45) is 0 Å². The third kappa shape index (κ3) is 3.91. The smallest absolute Gasteiger partial charge is 0.340 e. The van der Waals surface area contributed by atoms with E-state index < -0.39 is 29.1 Å². The molecule has 12 heteroatoms. The number of rotatable bonds is 2. The molecule has 0 aromatic heterocycles. The Balaban J connectivity index is 1.22. The van der Waals surface area contributed by atoms with Crippen molar-refractivity contribution >= 4 is 17.9 Å². The average molecular weight is 707 g/mol. The van der Waals surface area contributed by atoms with Gasteiger partial charge in [0.25, 0.3) is 0 Å². The molecule has 2 spiro atoms. The molecule has 0 unspecified atom stereocenters. The Morgan fingerprint density at radius 2 is 0.906 bits per heavy atom. The van der Waals surface area contributed by atoms with Gasteiger partial charge in [-0.05, 0) is 77.9 Å². The molecule has 0 atom stereocenters. The van der Waals surface area contributed by atoms with Gasteiger partial charge in [-0.1, -0.05) is 12.1 Å². The standard InChI is InChI=1S/C41H22O12/c42-20-2-7-27-32(14-20)50-33-15-21(43)3-8-28(33)40(27)26-6-1-18(11-25(26)38(48)52-40)24-12-19(37(46)47)13-31-36(24)39(49)53-41(31)29-9-4-22(44)16-34(29)51-35-17-23(45)5-10-30(35)41/h1-17,42-45H,(H,46,47). The van der Waals surface area contributed by atoms with Gasteiger partial charge in [-0.25, -0.2) is 14.4 Å². The maximum absolute atomic E-state index is 14.2. The van der Waals surface area contributed by atoms with Crippen molar-refractivity contribution in [1.29, 1.82) is 0 Å². The van der Waals surface area contributed by atoms with Crippen LogP contribution in [0.2, 0.25) is 0 Å². The predicted molar refractivity (Wildman–Crippen MR) is 182 cm³/mol. The Hall–Kier alpha value is -7.47. The number of aromatic carboxylic acids is 1. The number of aromatic hydroxyl groups is 4.